The van der Waals surface area contributed by atoms with Crippen LogP contribution in [0.2, 0.25) is 5.02 Å². The molecule has 0 aliphatic heterocycles. The van der Waals surface area contributed by atoms with Gasteiger partial charge in [0, 0.05) is 11.8 Å². The van der Waals surface area contributed by atoms with E-state index in [1.165, 1.54) is 18.2 Å². The number of nitrogens with zero attached hydrogens (tertiary/aromatic N) is 2. The SMILES string of the molecule is CCOc1cc(/C=C(\C#N)C(=O)Nc2ccc(Cl)c([N+](=O)[O-])c2)cc(I)c1OCC. The monoisotopic (exact) mass is 541 g/mol. The predicted molar refractivity (Wildman–Crippen MR) is 122 cm³/mol. The van der Waals surface area contributed by atoms with Gasteiger partial charge in [0.25, 0.3) is 11.6 Å². The van der Waals surface area contributed by atoms with Gasteiger partial charge in [-0.25, -0.2) is 0 Å². The highest BCUT2D eigenvalue weighted by molar-refractivity contribution is 14.1. The molecular weight excluding hydrogens is 525 g/mol. The van der Waals surface area contributed by atoms with Gasteiger partial charge >= 0.3 is 0 Å². The van der Waals surface area contributed by atoms with Crippen LogP contribution < -0.4 is 14.8 Å². The Morgan fingerprint density at radius 3 is 2.60 bits per heavy atom. The molecule has 2 aromatic carbocycles. The fraction of sp³-hybridized carbons (Fsp3) is 0.200. The van der Waals surface area contributed by atoms with Crippen LogP contribution in [0.25, 0.3) is 6.08 Å². The topological polar surface area (TPSA) is 114 Å². The van der Waals surface area contributed by atoms with Crippen molar-refractivity contribution in [1.82, 2.24) is 0 Å². The van der Waals surface area contributed by atoms with Gasteiger partial charge < -0.3 is 14.8 Å². The maximum atomic E-state index is 12.5. The Balaban J connectivity index is 2.35. The third-order valence-corrected chi connectivity index (χ3v) is 4.82. The number of carbonyl (C=O) groups is 1. The predicted octanol–water partition coefficient (Wildman–Crippen LogP) is 5.20. The Morgan fingerprint density at radius 1 is 1.30 bits per heavy atom. The van der Waals surface area contributed by atoms with Crippen molar-refractivity contribution in [2.24, 2.45) is 0 Å². The number of nitrogens with one attached hydrogen (secondary N) is 1. The molecule has 0 spiro atoms. The summed E-state index contributed by atoms with van der Waals surface area (Å²) in [6, 6.07) is 9.11. The van der Waals surface area contributed by atoms with Crippen molar-refractivity contribution in [2.45, 2.75) is 13.8 Å². The molecule has 0 saturated carbocycles. The lowest BCUT2D eigenvalue weighted by molar-refractivity contribution is -0.384. The van der Waals surface area contributed by atoms with Crippen LogP contribution >= 0.6 is 34.2 Å². The lowest BCUT2D eigenvalue weighted by Crippen LogP contribution is -2.13. The molecule has 0 atom stereocenters. The standard InChI is InChI=1S/C20H17ClIN3O5/c1-3-29-18-9-12(8-16(22)19(18)30-4-2)7-13(11-23)20(26)24-14-5-6-15(21)17(10-14)25(27)28/h5-10H,3-4H2,1-2H3,(H,24,26)/b13-7+. The molecule has 1 N–H and O–H groups in total. The first-order chi connectivity index (χ1) is 14.3. The van der Waals surface area contributed by atoms with E-state index in [0.29, 0.717) is 30.3 Å². The molecule has 0 heterocycles. The van der Waals surface area contributed by atoms with Crippen LogP contribution in [0.1, 0.15) is 19.4 Å². The number of rotatable bonds is 8. The maximum absolute atomic E-state index is 12.5. The van der Waals surface area contributed by atoms with E-state index in [1.807, 2.05) is 19.9 Å². The second kappa shape index (κ2) is 10.8. The summed E-state index contributed by atoms with van der Waals surface area (Å²) in [6.45, 7) is 4.58. The van der Waals surface area contributed by atoms with Gasteiger partial charge in [-0.05, 0) is 72.3 Å². The molecule has 30 heavy (non-hydrogen) atoms. The molecule has 0 aliphatic rings. The van der Waals surface area contributed by atoms with Crippen LogP contribution in [0.4, 0.5) is 11.4 Å². The second-order valence-electron chi connectivity index (χ2n) is 5.74. The first kappa shape index (κ1) is 23.4. The number of amides is 1. The van der Waals surface area contributed by atoms with Crippen LogP contribution in [0.5, 0.6) is 11.5 Å². The van der Waals surface area contributed by atoms with E-state index in [4.69, 9.17) is 21.1 Å². The van der Waals surface area contributed by atoms with Crippen LogP contribution in [0.3, 0.4) is 0 Å². The average molecular weight is 542 g/mol. The highest BCUT2D eigenvalue weighted by Crippen LogP contribution is 2.35. The number of nitro groups is 1. The quantitative estimate of drug-likeness (QED) is 0.162. The van der Waals surface area contributed by atoms with Gasteiger partial charge in [0.05, 0.1) is 21.7 Å². The van der Waals surface area contributed by atoms with E-state index in [1.54, 1.807) is 12.1 Å². The van der Waals surface area contributed by atoms with E-state index in [-0.39, 0.29) is 22.0 Å². The Bertz CT molecular complexity index is 1050. The molecule has 0 radical (unpaired) electrons. The summed E-state index contributed by atoms with van der Waals surface area (Å²) in [6.07, 6.45) is 1.40. The number of nitro benzene ring substituents is 1. The normalized spacial score (nSPS) is 10.8. The molecule has 0 bridgehead atoms. The van der Waals surface area contributed by atoms with Gasteiger partial charge in [-0.15, -0.1) is 0 Å². The van der Waals surface area contributed by atoms with Crippen molar-refractivity contribution in [2.75, 3.05) is 18.5 Å². The van der Waals surface area contributed by atoms with E-state index < -0.39 is 10.8 Å². The molecule has 0 aromatic heterocycles. The zero-order valence-corrected chi connectivity index (χ0v) is 19.0. The van der Waals surface area contributed by atoms with E-state index in [0.717, 1.165) is 9.64 Å². The number of anilines is 1. The van der Waals surface area contributed by atoms with Crippen molar-refractivity contribution in [3.63, 3.8) is 0 Å². The molecule has 0 fully saturated rings. The molecule has 2 rings (SSSR count). The van der Waals surface area contributed by atoms with Crippen molar-refractivity contribution in [3.05, 3.63) is 60.2 Å². The fourth-order valence-corrected chi connectivity index (χ4v) is 3.43. The first-order valence-corrected chi connectivity index (χ1v) is 10.2. The summed E-state index contributed by atoms with van der Waals surface area (Å²) < 4.78 is 12.0. The van der Waals surface area contributed by atoms with Crippen LogP contribution in [0, 0.1) is 25.0 Å². The van der Waals surface area contributed by atoms with Gasteiger partial charge in [-0.2, -0.15) is 5.26 Å². The average Bonchev–Trinajstić information content (AvgIpc) is 2.70. The molecule has 0 saturated heterocycles. The zero-order valence-electron chi connectivity index (χ0n) is 16.1. The molecule has 0 unspecified atom stereocenters. The lowest BCUT2D eigenvalue weighted by atomic mass is 10.1. The van der Waals surface area contributed by atoms with Gasteiger partial charge in [0.2, 0.25) is 0 Å². The van der Waals surface area contributed by atoms with Crippen molar-refractivity contribution in [3.8, 4) is 17.6 Å². The summed E-state index contributed by atoms with van der Waals surface area (Å²) in [5.74, 6) is 0.382. The van der Waals surface area contributed by atoms with E-state index in [2.05, 4.69) is 27.9 Å². The minimum atomic E-state index is -0.712. The Hall–Kier alpha value is -2.84. The molecule has 1 amide bonds. The number of ether oxygens (including phenoxy) is 2. The Morgan fingerprint density at radius 2 is 2.00 bits per heavy atom. The van der Waals surface area contributed by atoms with Crippen molar-refractivity contribution < 1.29 is 19.2 Å². The van der Waals surface area contributed by atoms with Gasteiger partial charge in [0.1, 0.15) is 16.7 Å². The molecule has 0 aliphatic carbocycles. The van der Waals surface area contributed by atoms with Crippen LogP contribution in [-0.4, -0.2) is 24.0 Å². The number of hydrogen-bond acceptors (Lipinski definition) is 6. The van der Waals surface area contributed by atoms with Gasteiger partial charge in [0.15, 0.2) is 11.5 Å². The minimum Gasteiger partial charge on any atom is -0.490 e. The fourth-order valence-electron chi connectivity index (χ4n) is 2.46. The lowest BCUT2D eigenvalue weighted by Gasteiger charge is -2.13. The summed E-state index contributed by atoms with van der Waals surface area (Å²) in [4.78, 5) is 22.9. The van der Waals surface area contributed by atoms with Gasteiger partial charge in [-0.3, -0.25) is 14.9 Å². The number of nitriles is 1. The third kappa shape index (κ3) is 5.84. The molecular formula is C20H17ClIN3O5. The first-order valence-electron chi connectivity index (χ1n) is 8.76. The van der Waals surface area contributed by atoms with Crippen LogP contribution in [0.15, 0.2) is 35.9 Å². The summed E-state index contributed by atoms with van der Waals surface area (Å²) in [5, 5.41) is 22.9. The molecule has 2 aromatic rings. The molecule has 8 nitrogen and oxygen atoms in total. The smallest absolute Gasteiger partial charge is 0.289 e. The summed E-state index contributed by atoms with van der Waals surface area (Å²) in [7, 11) is 0. The minimum absolute atomic E-state index is 0.0542. The van der Waals surface area contributed by atoms with Crippen LogP contribution in [-0.2, 0) is 4.79 Å². The summed E-state index contributed by atoms with van der Waals surface area (Å²) >= 11 is 7.86. The summed E-state index contributed by atoms with van der Waals surface area (Å²) in [5.41, 5.74) is 0.183. The van der Waals surface area contributed by atoms with Crippen molar-refractivity contribution in [1.29, 1.82) is 5.26 Å². The molecule has 156 valence electrons. The Labute approximate surface area is 191 Å². The Kier molecular flexibility index (Phi) is 8.44. The van der Waals surface area contributed by atoms with E-state index in [9.17, 15) is 20.2 Å². The highest BCUT2D eigenvalue weighted by atomic mass is 127. The second-order valence-corrected chi connectivity index (χ2v) is 7.31. The number of hydrogen-bond donors (Lipinski definition) is 1. The maximum Gasteiger partial charge on any atom is 0.289 e. The number of halogens is 2. The number of carbonyl (C=O) groups excluding carboxylic acids is 1. The van der Waals surface area contributed by atoms with E-state index >= 15 is 0 Å². The van der Waals surface area contributed by atoms with Crippen molar-refractivity contribution >= 4 is 57.5 Å². The highest BCUT2D eigenvalue weighted by Gasteiger charge is 2.17. The zero-order chi connectivity index (χ0) is 22.3. The van der Waals surface area contributed by atoms with Gasteiger partial charge in [-0.1, -0.05) is 11.6 Å². The number of benzene rings is 2. The molecule has 10 heteroatoms. The third-order valence-electron chi connectivity index (χ3n) is 3.70. The largest absolute Gasteiger partial charge is 0.490 e.